The third-order valence-electron chi connectivity index (χ3n) is 2.23. The van der Waals surface area contributed by atoms with Gasteiger partial charge in [-0.1, -0.05) is 43.6 Å². The highest BCUT2D eigenvalue weighted by Crippen LogP contribution is 2.08. The molecule has 0 bridgehead atoms. The smallest absolute Gasteiger partial charge is 0.00922 e. The Morgan fingerprint density at radius 3 is 2.50 bits per heavy atom. The van der Waals surface area contributed by atoms with Crippen LogP contribution in [0, 0.1) is 11.8 Å². The lowest BCUT2D eigenvalue weighted by Crippen LogP contribution is -1.80. The van der Waals surface area contributed by atoms with Crippen molar-refractivity contribution < 1.29 is 0 Å². The molecule has 0 spiro atoms. The van der Waals surface area contributed by atoms with Crippen LogP contribution in [-0.4, -0.2) is 0 Å². The van der Waals surface area contributed by atoms with Gasteiger partial charge in [0.15, 0.2) is 0 Å². The van der Waals surface area contributed by atoms with Crippen LogP contribution in [0.3, 0.4) is 0 Å². The lowest BCUT2D eigenvalue weighted by Gasteiger charge is -1.98. The van der Waals surface area contributed by atoms with Gasteiger partial charge in [0.25, 0.3) is 0 Å². The van der Waals surface area contributed by atoms with Crippen LogP contribution in [0.25, 0.3) is 0 Å². The Kier molecular flexibility index (Phi) is 5.46. The summed E-state index contributed by atoms with van der Waals surface area (Å²) in [7, 11) is 0. The normalized spacial score (nSPS) is 22.7. The maximum atomic E-state index is 3.17. The molecule has 1 aliphatic carbocycles. The summed E-state index contributed by atoms with van der Waals surface area (Å²) in [4.78, 5) is 0. The second-order valence-corrected chi connectivity index (χ2v) is 3.38. The molecule has 0 saturated carbocycles. The van der Waals surface area contributed by atoms with Crippen molar-refractivity contribution in [3.05, 3.63) is 12.2 Å². The molecule has 0 nitrogen and oxygen atoms in total. The minimum atomic E-state index is 1.09. The highest BCUT2D eigenvalue weighted by Gasteiger charge is 1.90. The van der Waals surface area contributed by atoms with Gasteiger partial charge in [0, 0.05) is 6.42 Å². The average Bonchev–Trinajstić information content (AvgIpc) is 2.05. The predicted octanol–water partition coefficient (Wildman–Crippen LogP) is 3.68. The van der Waals surface area contributed by atoms with Gasteiger partial charge in [-0.2, -0.15) is 0 Å². The monoisotopic (exact) mass is 162 g/mol. The lowest BCUT2D eigenvalue weighted by atomic mass is 10.1. The van der Waals surface area contributed by atoms with E-state index in [1.54, 1.807) is 0 Å². The van der Waals surface area contributed by atoms with Crippen molar-refractivity contribution in [1.82, 2.24) is 0 Å². The molecule has 1 aliphatic rings. The zero-order valence-corrected chi connectivity index (χ0v) is 7.81. The Labute approximate surface area is 76.1 Å². The van der Waals surface area contributed by atoms with Crippen LogP contribution in [0.1, 0.15) is 51.4 Å². The largest absolute Gasteiger partial charge is 0.0985 e. The van der Waals surface area contributed by atoms with Gasteiger partial charge in [-0.25, -0.2) is 0 Å². The zero-order valence-electron chi connectivity index (χ0n) is 7.81. The topological polar surface area (TPSA) is 0 Å². The Hall–Kier alpha value is -0.700. The second-order valence-electron chi connectivity index (χ2n) is 3.38. The third-order valence-corrected chi connectivity index (χ3v) is 2.23. The molecule has 0 aliphatic heterocycles. The molecule has 0 N–H and O–H groups in total. The van der Waals surface area contributed by atoms with E-state index in [1.807, 2.05) is 6.08 Å². The number of hydrogen-bond donors (Lipinski definition) is 0. The van der Waals surface area contributed by atoms with Crippen LogP contribution < -0.4 is 0 Å². The summed E-state index contributed by atoms with van der Waals surface area (Å²) in [6.45, 7) is 0. The Morgan fingerprint density at radius 2 is 1.58 bits per heavy atom. The standard InChI is InChI=1S/C12H18/c1-2-4-6-8-10-12-11-9-7-5-3-1/h1-2H,3,5,7-12H2/b2-1-. The number of allylic oxidation sites excluding steroid dienone is 2. The van der Waals surface area contributed by atoms with E-state index >= 15 is 0 Å². The molecule has 0 saturated heterocycles. The number of hydrogen-bond acceptors (Lipinski definition) is 0. The second kappa shape index (κ2) is 6.98. The van der Waals surface area contributed by atoms with E-state index in [2.05, 4.69) is 17.9 Å². The van der Waals surface area contributed by atoms with E-state index in [0.29, 0.717) is 0 Å². The van der Waals surface area contributed by atoms with Gasteiger partial charge in [-0.3, -0.25) is 0 Å². The van der Waals surface area contributed by atoms with Crippen LogP contribution in [0.2, 0.25) is 0 Å². The Bertz CT molecular complexity index is 178. The zero-order chi connectivity index (χ0) is 8.49. The molecule has 0 aromatic heterocycles. The van der Waals surface area contributed by atoms with E-state index in [-0.39, 0.29) is 0 Å². The van der Waals surface area contributed by atoms with Gasteiger partial charge in [0.05, 0.1) is 0 Å². The van der Waals surface area contributed by atoms with Crippen LogP contribution in [0.15, 0.2) is 12.2 Å². The summed E-state index contributed by atoms with van der Waals surface area (Å²) >= 11 is 0. The minimum Gasteiger partial charge on any atom is -0.0985 e. The van der Waals surface area contributed by atoms with Crippen molar-refractivity contribution >= 4 is 0 Å². The maximum Gasteiger partial charge on any atom is 0.00922 e. The van der Waals surface area contributed by atoms with Crippen LogP contribution in [0.5, 0.6) is 0 Å². The fraction of sp³-hybridized carbons (Fsp3) is 0.667. The van der Waals surface area contributed by atoms with Crippen molar-refractivity contribution in [2.75, 3.05) is 0 Å². The van der Waals surface area contributed by atoms with E-state index in [0.717, 1.165) is 6.42 Å². The molecule has 0 fully saturated rings. The highest BCUT2D eigenvalue weighted by molar-refractivity contribution is 5.14. The van der Waals surface area contributed by atoms with E-state index in [1.165, 1.54) is 44.9 Å². The predicted molar refractivity (Wildman–Crippen MR) is 53.9 cm³/mol. The van der Waals surface area contributed by atoms with E-state index in [4.69, 9.17) is 0 Å². The Morgan fingerprint density at radius 1 is 0.833 bits per heavy atom. The summed E-state index contributed by atoms with van der Waals surface area (Å²) in [6, 6.07) is 0. The SMILES string of the molecule is C1#CCCCCCCCC/C=C\1. The molecule has 0 aromatic rings. The molecule has 0 amide bonds. The van der Waals surface area contributed by atoms with E-state index < -0.39 is 0 Å². The van der Waals surface area contributed by atoms with Crippen LogP contribution in [0.4, 0.5) is 0 Å². The van der Waals surface area contributed by atoms with Gasteiger partial charge in [-0.15, -0.1) is 0 Å². The molecule has 66 valence electrons. The van der Waals surface area contributed by atoms with Gasteiger partial charge < -0.3 is 0 Å². The van der Waals surface area contributed by atoms with Crippen molar-refractivity contribution in [2.45, 2.75) is 51.4 Å². The fourth-order valence-corrected chi connectivity index (χ4v) is 1.46. The third kappa shape index (κ3) is 5.02. The first-order chi connectivity index (χ1) is 6.00. The fourth-order valence-electron chi connectivity index (χ4n) is 1.46. The summed E-state index contributed by atoms with van der Waals surface area (Å²) in [5.74, 6) is 6.24. The Balaban J connectivity index is 2.25. The van der Waals surface area contributed by atoms with Crippen molar-refractivity contribution in [3.8, 4) is 11.8 Å². The first kappa shape index (κ1) is 9.39. The molecule has 0 heterocycles. The molecule has 1 rings (SSSR count). The molecule has 0 unspecified atom stereocenters. The lowest BCUT2D eigenvalue weighted by molar-refractivity contribution is 0.602. The maximum absolute atomic E-state index is 3.17. The summed E-state index contributed by atoms with van der Waals surface area (Å²) in [5.41, 5.74) is 0. The summed E-state index contributed by atoms with van der Waals surface area (Å²) in [6.07, 6.45) is 14.8. The van der Waals surface area contributed by atoms with Crippen LogP contribution >= 0.6 is 0 Å². The van der Waals surface area contributed by atoms with Gasteiger partial charge in [0.2, 0.25) is 0 Å². The van der Waals surface area contributed by atoms with Gasteiger partial charge in [0.1, 0.15) is 0 Å². The van der Waals surface area contributed by atoms with Crippen molar-refractivity contribution in [2.24, 2.45) is 0 Å². The van der Waals surface area contributed by atoms with E-state index in [9.17, 15) is 0 Å². The summed E-state index contributed by atoms with van der Waals surface area (Å²) in [5, 5.41) is 0. The molecule has 12 heavy (non-hydrogen) atoms. The molecular formula is C12H18. The van der Waals surface area contributed by atoms with Crippen molar-refractivity contribution in [1.29, 1.82) is 0 Å². The van der Waals surface area contributed by atoms with Gasteiger partial charge in [-0.05, 0) is 25.3 Å². The minimum absolute atomic E-state index is 1.09. The number of rotatable bonds is 0. The molecular weight excluding hydrogens is 144 g/mol. The van der Waals surface area contributed by atoms with Crippen molar-refractivity contribution in [3.63, 3.8) is 0 Å². The highest BCUT2D eigenvalue weighted by atomic mass is 14.0. The van der Waals surface area contributed by atoms with Gasteiger partial charge >= 0.3 is 0 Å². The first-order valence-electron chi connectivity index (χ1n) is 5.13. The molecule has 0 heteroatoms. The summed E-state index contributed by atoms with van der Waals surface area (Å²) < 4.78 is 0. The first-order valence-corrected chi connectivity index (χ1v) is 5.13. The quantitative estimate of drug-likeness (QED) is 0.477. The molecule has 0 atom stereocenters. The molecule has 0 radical (unpaired) electrons. The molecule has 0 aromatic carbocycles. The average molecular weight is 162 g/mol. The van der Waals surface area contributed by atoms with Crippen LogP contribution in [-0.2, 0) is 0 Å².